The Balaban J connectivity index is 1.28. The summed E-state index contributed by atoms with van der Waals surface area (Å²) in [7, 11) is 0. The van der Waals surface area contributed by atoms with Crippen LogP contribution in [0.3, 0.4) is 0 Å². The zero-order valence-electron chi connectivity index (χ0n) is 20.5. The number of nitrogens with zero attached hydrogens (tertiary/aromatic N) is 2. The maximum absolute atomic E-state index is 14.1. The molecule has 1 saturated heterocycles. The number of rotatable bonds is 6. The van der Waals surface area contributed by atoms with E-state index in [9.17, 15) is 18.4 Å². The van der Waals surface area contributed by atoms with Crippen molar-refractivity contribution in [3.8, 4) is 11.3 Å². The Labute approximate surface area is 210 Å². The minimum atomic E-state index is -0.795. The summed E-state index contributed by atoms with van der Waals surface area (Å²) >= 11 is 0. The van der Waals surface area contributed by atoms with Gasteiger partial charge in [0.1, 0.15) is 11.6 Å². The van der Waals surface area contributed by atoms with E-state index in [2.05, 4.69) is 20.7 Å². The van der Waals surface area contributed by atoms with Crippen LogP contribution in [0.25, 0.3) is 11.3 Å². The lowest BCUT2D eigenvalue weighted by molar-refractivity contribution is -0.128. The molecule has 2 aromatic rings. The molecule has 2 atom stereocenters. The SMILES string of the molecule is O=C(N[C@@H]1CCN(C2CCCCC2)C[C@H]1C(=O)NC1CCCC1)c1cc(-c2ccc(F)cc2F)on1. The Bertz CT molecular complexity index is 1080. The minimum Gasteiger partial charge on any atom is -0.355 e. The van der Waals surface area contributed by atoms with E-state index in [1.54, 1.807) is 0 Å². The molecular weight excluding hydrogens is 466 g/mol. The number of aromatic nitrogens is 1. The van der Waals surface area contributed by atoms with Gasteiger partial charge in [0.2, 0.25) is 5.91 Å². The first kappa shape index (κ1) is 24.9. The third kappa shape index (κ3) is 5.61. The third-order valence-corrected chi connectivity index (χ3v) is 8.03. The number of nitrogens with one attached hydrogen (secondary N) is 2. The van der Waals surface area contributed by atoms with Crippen LogP contribution in [0.4, 0.5) is 8.78 Å². The van der Waals surface area contributed by atoms with Crippen molar-refractivity contribution in [1.29, 1.82) is 0 Å². The number of hydrogen-bond donors (Lipinski definition) is 2. The monoisotopic (exact) mass is 500 g/mol. The van der Waals surface area contributed by atoms with Crippen LogP contribution in [-0.2, 0) is 4.79 Å². The molecule has 0 unspecified atom stereocenters. The van der Waals surface area contributed by atoms with Gasteiger partial charge in [-0.2, -0.15) is 0 Å². The molecule has 194 valence electrons. The average Bonchev–Trinajstić information content (AvgIpc) is 3.57. The highest BCUT2D eigenvalue weighted by molar-refractivity contribution is 5.94. The topological polar surface area (TPSA) is 87.5 Å². The number of benzene rings is 1. The number of carbonyl (C=O) groups is 2. The fourth-order valence-corrected chi connectivity index (χ4v) is 6.01. The smallest absolute Gasteiger partial charge is 0.273 e. The maximum Gasteiger partial charge on any atom is 0.273 e. The van der Waals surface area contributed by atoms with Crippen molar-refractivity contribution < 1.29 is 22.9 Å². The first-order chi connectivity index (χ1) is 17.5. The first-order valence-electron chi connectivity index (χ1n) is 13.3. The molecular formula is C27H34F2N4O3. The first-order valence-corrected chi connectivity index (χ1v) is 13.3. The third-order valence-electron chi connectivity index (χ3n) is 8.03. The molecule has 2 N–H and O–H groups in total. The lowest BCUT2D eigenvalue weighted by atomic mass is 9.86. The molecule has 3 fully saturated rings. The summed E-state index contributed by atoms with van der Waals surface area (Å²) < 4.78 is 32.6. The highest BCUT2D eigenvalue weighted by Gasteiger charge is 2.39. The minimum absolute atomic E-state index is 0.00149. The van der Waals surface area contributed by atoms with Crippen LogP contribution in [0, 0.1) is 17.6 Å². The van der Waals surface area contributed by atoms with Crippen LogP contribution in [0.2, 0.25) is 0 Å². The molecule has 0 spiro atoms. The van der Waals surface area contributed by atoms with Crippen molar-refractivity contribution in [2.24, 2.45) is 5.92 Å². The molecule has 2 heterocycles. The second-order valence-electron chi connectivity index (χ2n) is 10.5. The zero-order valence-corrected chi connectivity index (χ0v) is 20.5. The molecule has 2 amide bonds. The van der Waals surface area contributed by atoms with Gasteiger partial charge in [0.25, 0.3) is 5.91 Å². The summed E-state index contributed by atoms with van der Waals surface area (Å²) in [5.41, 5.74) is 0.0240. The van der Waals surface area contributed by atoms with Crippen LogP contribution < -0.4 is 10.6 Å². The van der Waals surface area contributed by atoms with Gasteiger partial charge in [-0.1, -0.05) is 37.3 Å². The maximum atomic E-state index is 14.1. The molecule has 0 bridgehead atoms. The molecule has 0 radical (unpaired) electrons. The number of carbonyl (C=O) groups excluding carboxylic acids is 2. The zero-order chi connectivity index (χ0) is 25.1. The van der Waals surface area contributed by atoms with Crippen LogP contribution in [0.15, 0.2) is 28.8 Å². The van der Waals surface area contributed by atoms with E-state index < -0.39 is 17.5 Å². The molecule has 2 aliphatic carbocycles. The van der Waals surface area contributed by atoms with Gasteiger partial charge < -0.3 is 15.2 Å². The van der Waals surface area contributed by atoms with Gasteiger partial charge in [-0.25, -0.2) is 8.78 Å². The molecule has 5 rings (SSSR count). The Hall–Kier alpha value is -2.81. The summed E-state index contributed by atoms with van der Waals surface area (Å²) in [6.07, 6.45) is 11.0. The predicted octanol–water partition coefficient (Wildman–Crippen LogP) is 4.43. The number of likely N-dealkylation sites (tertiary alicyclic amines) is 1. The molecule has 1 aromatic carbocycles. The van der Waals surface area contributed by atoms with E-state index in [0.29, 0.717) is 19.0 Å². The number of hydrogen-bond acceptors (Lipinski definition) is 5. The van der Waals surface area contributed by atoms with Gasteiger partial charge in [0.15, 0.2) is 11.5 Å². The van der Waals surface area contributed by atoms with E-state index in [1.165, 1.54) is 31.4 Å². The Morgan fingerprint density at radius 3 is 2.44 bits per heavy atom. The van der Waals surface area contributed by atoms with Crippen molar-refractivity contribution in [3.63, 3.8) is 0 Å². The van der Waals surface area contributed by atoms with Gasteiger partial charge in [-0.15, -0.1) is 0 Å². The fourth-order valence-electron chi connectivity index (χ4n) is 6.01. The van der Waals surface area contributed by atoms with Gasteiger partial charge in [0, 0.05) is 43.3 Å². The Kier molecular flexibility index (Phi) is 7.65. The van der Waals surface area contributed by atoms with Crippen LogP contribution in [0.5, 0.6) is 0 Å². The molecule has 7 nitrogen and oxygen atoms in total. The molecule has 3 aliphatic rings. The molecule has 1 aliphatic heterocycles. The summed E-state index contributed by atoms with van der Waals surface area (Å²) in [4.78, 5) is 28.9. The predicted molar refractivity (Wildman–Crippen MR) is 130 cm³/mol. The van der Waals surface area contributed by atoms with E-state index in [1.807, 2.05) is 0 Å². The standard InChI is InChI=1S/C27H34F2N4O3/c28-17-10-11-20(22(29)14-17)25-15-24(32-36-25)27(35)31-23-12-13-33(19-8-2-1-3-9-19)16-21(23)26(34)30-18-6-4-5-7-18/h10-11,14-15,18-19,21,23H,1-9,12-13,16H2,(H,30,34)(H,31,35)/t21-,23-/m1/s1. The molecule has 2 saturated carbocycles. The fraction of sp³-hybridized carbons (Fsp3) is 0.593. The second kappa shape index (κ2) is 11.1. The van der Waals surface area contributed by atoms with Gasteiger partial charge in [-0.05, 0) is 44.2 Å². The number of halogens is 2. The van der Waals surface area contributed by atoms with Crippen molar-refractivity contribution >= 4 is 11.8 Å². The van der Waals surface area contributed by atoms with E-state index >= 15 is 0 Å². The van der Waals surface area contributed by atoms with Gasteiger partial charge in [-0.3, -0.25) is 14.5 Å². The second-order valence-corrected chi connectivity index (χ2v) is 10.5. The Morgan fingerprint density at radius 2 is 1.69 bits per heavy atom. The van der Waals surface area contributed by atoms with E-state index in [4.69, 9.17) is 4.52 Å². The summed E-state index contributed by atoms with van der Waals surface area (Å²) in [5, 5.41) is 10.0. The van der Waals surface area contributed by atoms with Crippen LogP contribution in [0.1, 0.15) is 74.7 Å². The highest BCUT2D eigenvalue weighted by Crippen LogP contribution is 2.29. The summed E-state index contributed by atoms with van der Waals surface area (Å²) in [6, 6.07) is 4.85. The lowest BCUT2D eigenvalue weighted by Crippen LogP contribution is -2.58. The quantitative estimate of drug-likeness (QED) is 0.613. The van der Waals surface area contributed by atoms with E-state index in [-0.39, 0.29) is 40.9 Å². The van der Waals surface area contributed by atoms with Crippen molar-refractivity contribution in [2.45, 2.75) is 82.3 Å². The van der Waals surface area contributed by atoms with Crippen molar-refractivity contribution in [2.75, 3.05) is 13.1 Å². The molecule has 36 heavy (non-hydrogen) atoms. The summed E-state index contributed by atoms with van der Waals surface area (Å²) in [6.45, 7) is 1.45. The highest BCUT2D eigenvalue weighted by atomic mass is 19.1. The summed E-state index contributed by atoms with van der Waals surface area (Å²) in [5.74, 6) is -2.28. The number of piperidine rings is 1. The average molecular weight is 501 g/mol. The molecule has 9 heteroatoms. The Morgan fingerprint density at radius 1 is 0.944 bits per heavy atom. The molecule has 1 aromatic heterocycles. The van der Waals surface area contributed by atoms with E-state index in [0.717, 1.165) is 57.2 Å². The largest absolute Gasteiger partial charge is 0.355 e. The van der Waals surface area contributed by atoms with Gasteiger partial charge in [0.05, 0.1) is 11.5 Å². The van der Waals surface area contributed by atoms with Crippen LogP contribution >= 0.6 is 0 Å². The van der Waals surface area contributed by atoms with Gasteiger partial charge >= 0.3 is 0 Å². The normalized spacial score (nSPS) is 24.1. The van der Waals surface area contributed by atoms with Crippen molar-refractivity contribution in [1.82, 2.24) is 20.7 Å². The van der Waals surface area contributed by atoms with Crippen molar-refractivity contribution in [3.05, 3.63) is 41.6 Å². The number of amides is 2. The lowest BCUT2D eigenvalue weighted by Gasteiger charge is -2.43. The van der Waals surface area contributed by atoms with Crippen LogP contribution in [-0.4, -0.2) is 53.1 Å².